The zero-order chi connectivity index (χ0) is 17.1. The second-order valence-corrected chi connectivity index (χ2v) is 6.59. The van der Waals surface area contributed by atoms with Crippen LogP contribution in [0.1, 0.15) is 32.1 Å². The van der Waals surface area contributed by atoms with E-state index < -0.39 is 11.6 Å². The summed E-state index contributed by atoms with van der Waals surface area (Å²) in [6.07, 6.45) is 4.73. The molecule has 1 aromatic rings. The Morgan fingerprint density at radius 2 is 1.71 bits per heavy atom. The average molecular weight is 338 g/mol. The molecular formula is C18H24F2N2O2. The first-order chi connectivity index (χ1) is 11.6. The predicted molar refractivity (Wildman–Crippen MR) is 88.3 cm³/mol. The molecule has 0 N–H and O–H groups in total. The lowest BCUT2D eigenvalue weighted by Gasteiger charge is -2.36. The lowest BCUT2D eigenvalue weighted by Crippen LogP contribution is -2.44. The van der Waals surface area contributed by atoms with Crippen LogP contribution in [-0.4, -0.2) is 44.1 Å². The molecule has 4 nitrogen and oxygen atoms in total. The number of carbonyl (C=O) groups excluding carboxylic acids is 1. The third kappa shape index (κ3) is 3.47. The van der Waals surface area contributed by atoms with Crippen molar-refractivity contribution in [3.05, 3.63) is 23.8 Å². The van der Waals surface area contributed by atoms with Crippen LogP contribution in [0.3, 0.4) is 0 Å². The SMILES string of the molecule is COc1cc(F)c(N2CCC(C(=O)N3CCCCC3)CC2)cc1F. The van der Waals surface area contributed by atoms with Crippen LogP contribution in [-0.2, 0) is 4.79 Å². The second kappa shape index (κ2) is 7.36. The third-order valence-corrected chi connectivity index (χ3v) is 5.07. The van der Waals surface area contributed by atoms with Gasteiger partial charge in [0.15, 0.2) is 11.6 Å². The molecule has 1 aromatic carbocycles. The Hall–Kier alpha value is -1.85. The largest absolute Gasteiger partial charge is 0.494 e. The molecule has 2 fully saturated rings. The van der Waals surface area contributed by atoms with Gasteiger partial charge in [-0.1, -0.05) is 0 Å². The number of halogens is 2. The van der Waals surface area contributed by atoms with Gasteiger partial charge in [-0.2, -0.15) is 0 Å². The van der Waals surface area contributed by atoms with Crippen molar-refractivity contribution in [2.24, 2.45) is 5.92 Å². The van der Waals surface area contributed by atoms with Crippen LogP contribution >= 0.6 is 0 Å². The topological polar surface area (TPSA) is 32.8 Å². The number of carbonyl (C=O) groups is 1. The van der Waals surface area contributed by atoms with E-state index in [0.717, 1.165) is 32.0 Å². The zero-order valence-electron chi connectivity index (χ0n) is 14.1. The van der Waals surface area contributed by atoms with E-state index in [0.29, 0.717) is 25.9 Å². The Morgan fingerprint density at radius 1 is 1.04 bits per heavy atom. The normalized spacial score (nSPS) is 19.5. The molecule has 2 aliphatic rings. The van der Waals surface area contributed by atoms with E-state index in [9.17, 15) is 13.6 Å². The summed E-state index contributed by atoms with van der Waals surface area (Å²) in [6.45, 7) is 2.84. The predicted octanol–water partition coefficient (Wildman–Crippen LogP) is 3.20. The van der Waals surface area contributed by atoms with Gasteiger partial charge in [-0.3, -0.25) is 4.79 Å². The number of nitrogens with zero attached hydrogens (tertiary/aromatic N) is 2. The Balaban J connectivity index is 1.62. The zero-order valence-corrected chi connectivity index (χ0v) is 14.1. The Labute approximate surface area is 141 Å². The molecule has 1 amide bonds. The van der Waals surface area contributed by atoms with Crippen LogP contribution in [0.2, 0.25) is 0 Å². The first-order valence-electron chi connectivity index (χ1n) is 8.67. The van der Waals surface area contributed by atoms with E-state index in [2.05, 4.69) is 0 Å². The standard InChI is InChI=1S/C18H24F2N2O2/c1-24-17-12-14(19)16(11-15(17)20)21-9-5-13(6-10-21)18(23)22-7-3-2-4-8-22/h11-13H,2-10H2,1H3. The smallest absolute Gasteiger partial charge is 0.225 e. The van der Waals surface area contributed by atoms with E-state index in [4.69, 9.17) is 4.74 Å². The van der Waals surface area contributed by atoms with Gasteiger partial charge in [0.25, 0.3) is 0 Å². The molecule has 132 valence electrons. The molecule has 0 atom stereocenters. The molecule has 0 radical (unpaired) electrons. The molecule has 2 aliphatic heterocycles. The number of rotatable bonds is 3. The van der Waals surface area contributed by atoms with Gasteiger partial charge in [0.1, 0.15) is 5.82 Å². The quantitative estimate of drug-likeness (QED) is 0.848. The van der Waals surface area contributed by atoms with Gasteiger partial charge in [-0.15, -0.1) is 0 Å². The van der Waals surface area contributed by atoms with Crippen molar-refractivity contribution in [1.29, 1.82) is 0 Å². The monoisotopic (exact) mass is 338 g/mol. The van der Waals surface area contributed by atoms with Gasteiger partial charge in [0.05, 0.1) is 12.8 Å². The number of hydrogen-bond acceptors (Lipinski definition) is 3. The summed E-state index contributed by atoms with van der Waals surface area (Å²) >= 11 is 0. The molecule has 2 heterocycles. The molecule has 2 saturated heterocycles. The van der Waals surface area contributed by atoms with E-state index >= 15 is 0 Å². The van der Waals surface area contributed by atoms with Crippen molar-refractivity contribution >= 4 is 11.6 Å². The minimum absolute atomic E-state index is 0.00510. The molecule has 24 heavy (non-hydrogen) atoms. The van der Waals surface area contributed by atoms with Crippen molar-refractivity contribution in [2.45, 2.75) is 32.1 Å². The maximum atomic E-state index is 14.2. The maximum absolute atomic E-state index is 14.2. The molecule has 6 heteroatoms. The number of likely N-dealkylation sites (tertiary alicyclic amines) is 1. The van der Waals surface area contributed by atoms with E-state index in [1.165, 1.54) is 19.6 Å². The fourth-order valence-corrected chi connectivity index (χ4v) is 3.66. The molecule has 0 saturated carbocycles. The van der Waals surface area contributed by atoms with Crippen molar-refractivity contribution in [1.82, 2.24) is 4.90 Å². The highest BCUT2D eigenvalue weighted by atomic mass is 19.1. The molecule has 0 aliphatic carbocycles. The molecule has 3 rings (SSSR count). The minimum atomic E-state index is -0.569. The number of anilines is 1. The Morgan fingerprint density at radius 3 is 2.33 bits per heavy atom. The van der Waals surface area contributed by atoms with Gasteiger partial charge in [-0.25, -0.2) is 8.78 Å². The van der Waals surface area contributed by atoms with Crippen molar-refractivity contribution in [3.63, 3.8) is 0 Å². The van der Waals surface area contributed by atoms with Crippen LogP contribution in [0, 0.1) is 17.6 Å². The summed E-state index contributed by atoms with van der Waals surface area (Å²) in [5.41, 5.74) is 0.247. The van der Waals surface area contributed by atoms with E-state index in [1.54, 1.807) is 0 Å². The highest BCUT2D eigenvalue weighted by Crippen LogP contribution is 2.31. The number of ether oxygens (including phenoxy) is 1. The molecule has 0 aromatic heterocycles. The summed E-state index contributed by atoms with van der Waals surface area (Å²) in [7, 11) is 1.31. The van der Waals surface area contributed by atoms with Gasteiger partial charge >= 0.3 is 0 Å². The van der Waals surface area contributed by atoms with Crippen molar-refractivity contribution < 1.29 is 18.3 Å². The van der Waals surface area contributed by atoms with Crippen molar-refractivity contribution in [2.75, 3.05) is 38.2 Å². The first-order valence-corrected chi connectivity index (χ1v) is 8.67. The maximum Gasteiger partial charge on any atom is 0.225 e. The number of hydrogen-bond donors (Lipinski definition) is 0. The van der Waals surface area contributed by atoms with E-state index in [1.807, 2.05) is 9.80 Å². The summed E-state index contributed by atoms with van der Waals surface area (Å²) < 4.78 is 32.8. The fraction of sp³-hybridized carbons (Fsp3) is 0.611. The highest BCUT2D eigenvalue weighted by molar-refractivity contribution is 5.79. The highest BCUT2D eigenvalue weighted by Gasteiger charge is 2.30. The third-order valence-electron chi connectivity index (χ3n) is 5.07. The van der Waals surface area contributed by atoms with Gasteiger partial charge in [0.2, 0.25) is 5.91 Å². The number of benzene rings is 1. The Kier molecular flexibility index (Phi) is 5.21. The van der Waals surface area contributed by atoms with Crippen molar-refractivity contribution in [3.8, 4) is 5.75 Å². The summed E-state index contributed by atoms with van der Waals surface area (Å²) in [5.74, 6) is -0.915. The molecule has 0 unspecified atom stereocenters. The fourth-order valence-electron chi connectivity index (χ4n) is 3.66. The minimum Gasteiger partial charge on any atom is -0.494 e. The van der Waals surface area contributed by atoms with E-state index in [-0.39, 0.29) is 23.3 Å². The number of piperidine rings is 2. The molecule has 0 spiro atoms. The lowest BCUT2D eigenvalue weighted by molar-refractivity contribution is -0.137. The molecular weight excluding hydrogens is 314 g/mol. The Bertz CT molecular complexity index is 595. The first kappa shape index (κ1) is 17.0. The lowest BCUT2D eigenvalue weighted by atomic mass is 9.94. The average Bonchev–Trinajstić information content (AvgIpc) is 2.63. The molecule has 0 bridgehead atoms. The summed E-state index contributed by atoms with van der Waals surface area (Å²) in [5, 5.41) is 0. The van der Waals surface area contributed by atoms with Gasteiger partial charge in [0, 0.05) is 44.2 Å². The number of methoxy groups -OCH3 is 1. The van der Waals surface area contributed by atoms with Crippen LogP contribution in [0.4, 0.5) is 14.5 Å². The van der Waals surface area contributed by atoms with Crippen LogP contribution < -0.4 is 9.64 Å². The number of amides is 1. The van der Waals surface area contributed by atoms with Gasteiger partial charge < -0.3 is 14.5 Å². The van der Waals surface area contributed by atoms with Crippen LogP contribution in [0.5, 0.6) is 5.75 Å². The summed E-state index contributed by atoms with van der Waals surface area (Å²) in [4.78, 5) is 16.3. The second-order valence-electron chi connectivity index (χ2n) is 6.59. The van der Waals surface area contributed by atoms with Crippen LogP contribution in [0.15, 0.2) is 12.1 Å². The van der Waals surface area contributed by atoms with Crippen LogP contribution in [0.25, 0.3) is 0 Å². The summed E-state index contributed by atoms with van der Waals surface area (Å²) in [6, 6.07) is 2.26. The van der Waals surface area contributed by atoms with Gasteiger partial charge in [-0.05, 0) is 32.1 Å².